The summed E-state index contributed by atoms with van der Waals surface area (Å²) in [7, 11) is 0. The van der Waals surface area contributed by atoms with E-state index in [1.54, 1.807) is 0 Å². The summed E-state index contributed by atoms with van der Waals surface area (Å²) in [4.78, 5) is 24.5. The first-order valence-electron chi connectivity index (χ1n) is 9.26. The van der Waals surface area contributed by atoms with Crippen LogP contribution in [0.4, 0.5) is 5.69 Å². The van der Waals surface area contributed by atoms with Gasteiger partial charge in [-0.25, -0.2) is 4.79 Å². The Hall–Kier alpha value is -2.93. The third kappa shape index (κ3) is 5.12. The maximum atomic E-state index is 12.4. The van der Waals surface area contributed by atoms with E-state index in [9.17, 15) is 9.59 Å². The van der Waals surface area contributed by atoms with E-state index in [2.05, 4.69) is 5.32 Å². The van der Waals surface area contributed by atoms with E-state index < -0.39 is 18.5 Å². The summed E-state index contributed by atoms with van der Waals surface area (Å²) in [6, 6.07) is 9.71. The minimum absolute atomic E-state index is 0.105. The molecule has 0 spiro atoms. The monoisotopic (exact) mass is 418 g/mol. The lowest BCUT2D eigenvalue weighted by atomic mass is 9.95. The van der Waals surface area contributed by atoms with Crippen LogP contribution in [0.25, 0.3) is 0 Å². The van der Waals surface area contributed by atoms with Crippen LogP contribution in [-0.4, -0.2) is 31.7 Å². The molecule has 1 amide bonds. The first-order valence-corrected chi connectivity index (χ1v) is 9.64. The fraction of sp³-hybridized carbons (Fsp3) is 0.333. The van der Waals surface area contributed by atoms with Crippen LogP contribution in [0.2, 0.25) is 5.02 Å². The van der Waals surface area contributed by atoms with Crippen molar-refractivity contribution in [1.29, 1.82) is 0 Å². The van der Waals surface area contributed by atoms with Gasteiger partial charge in [0.1, 0.15) is 13.2 Å². The Morgan fingerprint density at radius 1 is 1.14 bits per heavy atom. The maximum Gasteiger partial charge on any atom is 0.338 e. The Bertz CT molecular complexity index is 916. The molecule has 0 fully saturated rings. The molecular formula is C21H23ClN2O5. The van der Waals surface area contributed by atoms with E-state index in [-0.39, 0.29) is 23.2 Å². The van der Waals surface area contributed by atoms with Crippen LogP contribution in [-0.2, 0) is 9.53 Å². The zero-order valence-corrected chi connectivity index (χ0v) is 17.0. The van der Waals surface area contributed by atoms with Crippen molar-refractivity contribution in [2.45, 2.75) is 19.9 Å². The largest absolute Gasteiger partial charge is 0.486 e. The van der Waals surface area contributed by atoms with E-state index in [1.807, 2.05) is 32.0 Å². The highest BCUT2D eigenvalue weighted by Crippen LogP contribution is 2.34. The van der Waals surface area contributed by atoms with Crippen LogP contribution in [0, 0.1) is 5.92 Å². The van der Waals surface area contributed by atoms with E-state index in [0.29, 0.717) is 29.7 Å². The predicted octanol–water partition coefficient (Wildman–Crippen LogP) is 3.36. The van der Waals surface area contributed by atoms with Crippen LogP contribution in [0.15, 0.2) is 36.4 Å². The zero-order chi connectivity index (χ0) is 21.0. The number of fused-ring (bicyclic) bond motifs is 1. The summed E-state index contributed by atoms with van der Waals surface area (Å²) in [5, 5.41) is 3.25. The number of ether oxygens (including phenoxy) is 3. The molecular weight excluding hydrogens is 396 g/mol. The summed E-state index contributed by atoms with van der Waals surface area (Å²) < 4.78 is 16.3. The third-order valence-corrected chi connectivity index (χ3v) is 4.82. The minimum atomic E-state index is -0.649. The van der Waals surface area contributed by atoms with Crippen molar-refractivity contribution in [3.63, 3.8) is 0 Å². The third-order valence-electron chi connectivity index (χ3n) is 4.47. The Labute approximate surface area is 174 Å². The lowest BCUT2D eigenvalue weighted by Gasteiger charge is -2.25. The Morgan fingerprint density at radius 3 is 2.55 bits per heavy atom. The molecule has 1 aliphatic rings. The molecule has 1 atom stereocenters. The fourth-order valence-electron chi connectivity index (χ4n) is 2.99. The molecule has 0 aliphatic carbocycles. The van der Waals surface area contributed by atoms with Crippen LogP contribution >= 0.6 is 11.6 Å². The molecule has 0 saturated heterocycles. The average Bonchev–Trinajstić information content (AvgIpc) is 2.71. The van der Waals surface area contributed by atoms with E-state index in [4.69, 9.17) is 31.5 Å². The average molecular weight is 419 g/mol. The summed E-state index contributed by atoms with van der Waals surface area (Å²) in [6.45, 7) is 4.57. The normalized spacial score (nSPS) is 13.7. The van der Waals surface area contributed by atoms with Gasteiger partial charge in [0.25, 0.3) is 5.91 Å². The Balaban J connectivity index is 1.62. The van der Waals surface area contributed by atoms with Gasteiger partial charge >= 0.3 is 5.97 Å². The Kier molecular flexibility index (Phi) is 6.49. The van der Waals surface area contributed by atoms with Crippen molar-refractivity contribution >= 4 is 29.2 Å². The Morgan fingerprint density at radius 2 is 1.86 bits per heavy atom. The van der Waals surface area contributed by atoms with Gasteiger partial charge in [0, 0.05) is 0 Å². The van der Waals surface area contributed by atoms with Crippen molar-refractivity contribution < 1.29 is 23.8 Å². The number of amides is 1. The molecule has 1 heterocycles. The number of rotatable bonds is 6. The number of nitrogens with two attached hydrogens (primary N) is 1. The lowest BCUT2D eigenvalue weighted by Crippen LogP contribution is -2.35. The molecule has 0 bridgehead atoms. The molecule has 2 aromatic carbocycles. The number of esters is 1. The molecule has 0 radical (unpaired) electrons. The smallest absolute Gasteiger partial charge is 0.338 e. The highest BCUT2D eigenvalue weighted by Gasteiger charge is 2.22. The standard InChI is InChI=1S/C21H23ClN2O5/c1-12(2)20(13-4-6-17-18(10-13)28-8-7-27-17)24-19(25)11-29-21(26)14-3-5-15(22)16(23)9-14/h3-6,9-10,12,20H,7-8,11,23H2,1-2H3,(H,24,25)/t20-/m0/s1. The summed E-state index contributed by atoms with van der Waals surface area (Å²) in [6.07, 6.45) is 0. The molecule has 7 nitrogen and oxygen atoms in total. The molecule has 0 aromatic heterocycles. The van der Waals surface area contributed by atoms with Gasteiger partial charge in [-0.15, -0.1) is 0 Å². The molecule has 0 unspecified atom stereocenters. The van der Waals surface area contributed by atoms with Gasteiger partial charge in [-0.1, -0.05) is 31.5 Å². The molecule has 29 heavy (non-hydrogen) atoms. The second-order valence-corrected chi connectivity index (χ2v) is 7.41. The number of hydrogen-bond donors (Lipinski definition) is 2. The molecule has 3 rings (SSSR count). The van der Waals surface area contributed by atoms with Crippen LogP contribution < -0.4 is 20.5 Å². The summed E-state index contributed by atoms with van der Waals surface area (Å²) in [5.74, 6) is 0.386. The van der Waals surface area contributed by atoms with Crippen molar-refractivity contribution in [1.82, 2.24) is 5.32 Å². The van der Waals surface area contributed by atoms with Gasteiger partial charge in [0.15, 0.2) is 18.1 Å². The van der Waals surface area contributed by atoms with E-state index >= 15 is 0 Å². The first-order chi connectivity index (χ1) is 13.8. The van der Waals surface area contributed by atoms with E-state index in [0.717, 1.165) is 5.56 Å². The van der Waals surface area contributed by atoms with Gasteiger partial charge in [0.2, 0.25) is 0 Å². The van der Waals surface area contributed by atoms with Gasteiger partial charge in [-0.2, -0.15) is 0 Å². The van der Waals surface area contributed by atoms with Gasteiger partial charge < -0.3 is 25.3 Å². The topological polar surface area (TPSA) is 99.9 Å². The molecule has 0 saturated carbocycles. The van der Waals surface area contributed by atoms with Gasteiger partial charge in [0.05, 0.1) is 22.3 Å². The van der Waals surface area contributed by atoms with Gasteiger partial charge in [-0.05, 0) is 41.8 Å². The number of carbonyl (C=O) groups is 2. The van der Waals surface area contributed by atoms with Crippen molar-refractivity contribution in [2.75, 3.05) is 25.6 Å². The minimum Gasteiger partial charge on any atom is -0.486 e. The molecule has 3 N–H and O–H groups in total. The maximum absolute atomic E-state index is 12.4. The van der Waals surface area contributed by atoms with Crippen molar-refractivity contribution in [2.24, 2.45) is 5.92 Å². The zero-order valence-electron chi connectivity index (χ0n) is 16.2. The van der Waals surface area contributed by atoms with Crippen LogP contribution in [0.1, 0.15) is 35.8 Å². The highest BCUT2D eigenvalue weighted by atomic mass is 35.5. The van der Waals surface area contributed by atoms with Gasteiger partial charge in [-0.3, -0.25) is 4.79 Å². The first kappa shape index (κ1) is 20.8. The van der Waals surface area contributed by atoms with Crippen LogP contribution in [0.5, 0.6) is 11.5 Å². The molecule has 2 aromatic rings. The number of carbonyl (C=O) groups excluding carboxylic acids is 2. The number of hydrogen-bond acceptors (Lipinski definition) is 6. The molecule has 8 heteroatoms. The number of nitrogen functional groups attached to an aromatic ring is 1. The number of halogens is 1. The second kappa shape index (κ2) is 9.05. The molecule has 154 valence electrons. The second-order valence-electron chi connectivity index (χ2n) is 7.00. The fourth-order valence-corrected chi connectivity index (χ4v) is 3.11. The van der Waals surface area contributed by atoms with Crippen molar-refractivity contribution in [3.05, 3.63) is 52.5 Å². The lowest BCUT2D eigenvalue weighted by molar-refractivity contribution is -0.125. The summed E-state index contributed by atoms with van der Waals surface area (Å²) in [5.41, 5.74) is 7.07. The molecule has 1 aliphatic heterocycles. The quantitative estimate of drug-likeness (QED) is 0.551. The van der Waals surface area contributed by atoms with Crippen LogP contribution in [0.3, 0.4) is 0 Å². The number of anilines is 1. The SMILES string of the molecule is CC(C)[C@H](NC(=O)COC(=O)c1ccc(Cl)c(N)c1)c1ccc2c(c1)OCCO2. The van der Waals surface area contributed by atoms with E-state index in [1.165, 1.54) is 18.2 Å². The predicted molar refractivity (Wildman–Crippen MR) is 109 cm³/mol. The number of benzene rings is 2. The van der Waals surface area contributed by atoms with Crippen molar-refractivity contribution in [3.8, 4) is 11.5 Å². The highest BCUT2D eigenvalue weighted by molar-refractivity contribution is 6.33. The number of nitrogens with one attached hydrogen (secondary N) is 1. The summed E-state index contributed by atoms with van der Waals surface area (Å²) >= 11 is 5.84.